The second-order valence-corrected chi connectivity index (χ2v) is 7.26. The highest BCUT2D eigenvalue weighted by molar-refractivity contribution is 6.31. The van der Waals surface area contributed by atoms with Crippen LogP contribution in [0.15, 0.2) is 18.2 Å². The zero-order chi connectivity index (χ0) is 15.3. The number of halogens is 1. The molecule has 2 heterocycles. The van der Waals surface area contributed by atoms with Crippen LogP contribution in [0.25, 0.3) is 0 Å². The summed E-state index contributed by atoms with van der Waals surface area (Å²) in [4.78, 5) is 28.0. The molecule has 2 fully saturated rings. The molecule has 0 bridgehead atoms. The van der Waals surface area contributed by atoms with Crippen molar-refractivity contribution >= 4 is 28.9 Å². The number of nitrogens with zero attached hydrogens (tertiary/aromatic N) is 1. The smallest absolute Gasteiger partial charge is 0.148 e. The minimum absolute atomic E-state index is 0.0347. The summed E-state index contributed by atoms with van der Waals surface area (Å²) in [5.74, 6) is 0.336. The first kappa shape index (κ1) is 14.3. The molecule has 0 aromatic heterocycles. The highest BCUT2D eigenvalue weighted by Crippen LogP contribution is 2.49. The van der Waals surface area contributed by atoms with E-state index in [1.165, 1.54) is 0 Å². The summed E-state index contributed by atoms with van der Waals surface area (Å²) >= 11 is 6.18. The Morgan fingerprint density at radius 2 is 1.86 bits per heavy atom. The summed E-state index contributed by atoms with van der Waals surface area (Å²) in [6.45, 7) is 0.917. The number of benzene rings is 1. The second kappa shape index (κ2) is 5.09. The van der Waals surface area contributed by atoms with Crippen molar-refractivity contribution in [3.05, 3.63) is 28.8 Å². The van der Waals surface area contributed by atoms with Crippen LogP contribution in [-0.2, 0) is 16.0 Å². The molecule has 22 heavy (non-hydrogen) atoms. The lowest BCUT2D eigenvalue weighted by Crippen LogP contribution is -2.62. The highest BCUT2D eigenvalue weighted by atomic mass is 35.5. The number of hydrogen-bond donors (Lipinski definition) is 0. The zero-order valence-corrected chi connectivity index (χ0v) is 13.4. The summed E-state index contributed by atoms with van der Waals surface area (Å²) in [5, 5.41) is 0.723. The molecule has 3 aliphatic rings. The van der Waals surface area contributed by atoms with Crippen molar-refractivity contribution in [1.29, 1.82) is 0 Å². The molecule has 4 heteroatoms. The molecule has 1 saturated heterocycles. The summed E-state index contributed by atoms with van der Waals surface area (Å²) in [6.07, 6.45) is 5.54. The standard InChI is InChI=1S/C18H20ClNO2/c19-13-8-7-12-11-18(16(21)5-3-6-17(18)22)15-4-1-2-9-20(15)14(12)10-13/h7-8,10,15H,1-6,9,11H2. The highest BCUT2D eigenvalue weighted by Gasteiger charge is 2.57. The molecule has 4 rings (SSSR count). The van der Waals surface area contributed by atoms with Crippen molar-refractivity contribution in [2.75, 3.05) is 11.4 Å². The summed E-state index contributed by atoms with van der Waals surface area (Å²) < 4.78 is 0. The van der Waals surface area contributed by atoms with Crippen molar-refractivity contribution in [3.63, 3.8) is 0 Å². The Kier molecular flexibility index (Phi) is 3.30. The van der Waals surface area contributed by atoms with Gasteiger partial charge in [0.05, 0.1) is 0 Å². The van der Waals surface area contributed by atoms with Gasteiger partial charge in [-0.15, -0.1) is 0 Å². The number of anilines is 1. The Balaban J connectivity index is 1.89. The molecule has 1 aliphatic carbocycles. The molecule has 0 amide bonds. The Morgan fingerprint density at radius 1 is 1.09 bits per heavy atom. The number of fused-ring (bicyclic) bond motifs is 4. The van der Waals surface area contributed by atoms with Crippen LogP contribution in [0.1, 0.15) is 44.1 Å². The number of carbonyl (C=O) groups is 2. The molecule has 1 aromatic carbocycles. The van der Waals surface area contributed by atoms with Gasteiger partial charge in [-0.25, -0.2) is 0 Å². The third-order valence-electron chi connectivity index (χ3n) is 5.70. The number of Topliss-reactive ketones (excluding diaryl/α,β-unsaturated/α-hetero) is 2. The molecule has 1 saturated carbocycles. The molecule has 2 aliphatic heterocycles. The first-order valence-corrected chi connectivity index (χ1v) is 8.62. The third kappa shape index (κ3) is 1.88. The number of ketones is 2. The monoisotopic (exact) mass is 317 g/mol. The Labute approximate surface area is 135 Å². The van der Waals surface area contributed by atoms with Crippen LogP contribution in [0, 0.1) is 5.41 Å². The Bertz CT molecular complexity index is 638. The predicted molar refractivity (Wildman–Crippen MR) is 86.4 cm³/mol. The minimum Gasteiger partial charge on any atom is -0.367 e. The molecular formula is C18H20ClNO2. The van der Waals surface area contributed by atoms with Gasteiger partial charge in [-0.05, 0) is 49.8 Å². The van der Waals surface area contributed by atoms with Crippen LogP contribution < -0.4 is 4.90 Å². The maximum atomic E-state index is 12.8. The van der Waals surface area contributed by atoms with E-state index in [2.05, 4.69) is 4.90 Å². The lowest BCUT2D eigenvalue weighted by atomic mass is 9.60. The van der Waals surface area contributed by atoms with E-state index in [-0.39, 0.29) is 17.6 Å². The van der Waals surface area contributed by atoms with Crippen LogP contribution >= 0.6 is 11.6 Å². The number of hydrogen-bond acceptors (Lipinski definition) is 3. The van der Waals surface area contributed by atoms with Gasteiger partial charge in [-0.1, -0.05) is 17.7 Å². The van der Waals surface area contributed by atoms with Crippen LogP contribution in [0.3, 0.4) is 0 Å². The van der Waals surface area contributed by atoms with Crippen LogP contribution in [0.2, 0.25) is 5.02 Å². The fourth-order valence-electron chi connectivity index (χ4n) is 4.68. The molecule has 1 atom stereocenters. The van der Waals surface area contributed by atoms with E-state index in [1.807, 2.05) is 18.2 Å². The quantitative estimate of drug-likeness (QED) is 0.687. The van der Waals surface area contributed by atoms with Crippen molar-refractivity contribution in [2.45, 2.75) is 51.0 Å². The van der Waals surface area contributed by atoms with Crippen molar-refractivity contribution in [1.82, 2.24) is 0 Å². The fraction of sp³-hybridized carbons (Fsp3) is 0.556. The Morgan fingerprint density at radius 3 is 2.64 bits per heavy atom. The van der Waals surface area contributed by atoms with E-state index in [0.29, 0.717) is 19.3 Å². The molecule has 1 spiro atoms. The maximum Gasteiger partial charge on any atom is 0.148 e. The van der Waals surface area contributed by atoms with Gasteiger partial charge in [-0.2, -0.15) is 0 Å². The average molecular weight is 318 g/mol. The normalized spacial score (nSPS) is 26.8. The fourth-order valence-corrected chi connectivity index (χ4v) is 4.85. The first-order chi connectivity index (χ1) is 10.6. The molecule has 0 N–H and O–H groups in total. The summed E-state index contributed by atoms with van der Waals surface area (Å²) in [7, 11) is 0. The average Bonchev–Trinajstić information content (AvgIpc) is 2.53. The topological polar surface area (TPSA) is 37.4 Å². The van der Waals surface area contributed by atoms with E-state index in [9.17, 15) is 9.59 Å². The lowest BCUT2D eigenvalue weighted by Gasteiger charge is -2.53. The lowest BCUT2D eigenvalue weighted by molar-refractivity contribution is -0.146. The van der Waals surface area contributed by atoms with E-state index >= 15 is 0 Å². The van der Waals surface area contributed by atoms with Crippen molar-refractivity contribution < 1.29 is 9.59 Å². The largest absolute Gasteiger partial charge is 0.367 e. The van der Waals surface area contributed by atoms with Gasteiger partial charge in [0, 0.05) is 36.1 Å². The van der Waals surface area contributed by atoms with Crippen LogP contribution in [-0.4, -0.2) is 24.2 Å². The van der Waals surface area contributed by atoms with Gasteiger partial charge >= 0.3 is 0 Å². The Hall–Kier alpha value is -1.35. The van der Waals surface area contributed by atoms with Gasteiger partial charge in [0.25, 0.3) is 0 Å². The number of carbonyl (C=O) groups excluding carboxylic acids is 2. The summed E-state index contributed by atoms with van der Waals surface area (Å²) in [5.41, 5.74) is 1.44. The van der Waals surface area contributed by atoms with Gasteiger partial charge in [-0.3, -0.25) is 9.59 Å². The SMILES string of the molecule is O=C1CCCC(=O)C12Cc1ccc(Cl)cc1N1CCCCC12. The van der Waals surface area contributed by atoms with Gasteiger partial charge in [0.1, 0.15) is 17.0 Å². The van der Waals surface area contributed by atoms with Crippen LogP contribution in [0.5, 0.6) is 0 Å². The van der Waals surface area contributed by atoms with E-state index in [0.717, 1.165) is 48.5 Å². The molecule has 116 valence electrons. The third-order valence-corrected chi connectivity index (χ3v) is 5.94. The zero-order valence-electron chi connectivity index (χ0n) is 12.6. The van der Waals surface area contributed by atoms with Crippen LogP contribution in [0.4, 0.5) is 5.69 Å². The van der Waals surface area contributed by atoms with Gasteiger partial charge in [0.15, 0.2) is 0 Å². The first-order valence-electron chi connectivity index (χ1n) is 8.24. The van der Waals surface area contributed by atoms with E-state index in [1.54, 1.807) is 0 Å². The molecule has 0 radical (unpaired) electrons. The van der Waals surface area contributed by atoms with E-state index in [4.69, 9.17) is 11.6 Å². The van der Waals surface area contributed by atoms with E-state index < -0.39 is 5.41 Å². The van der Waals surface area contributed by atoms with Gasteiger partial charge in [0.2, 0.25) is 0 Å². The minimum atomic E-state index is -0.792. The van der Waals surface area contributed by atoms with Gasteiger partial charge < -0.3 is 4.90 Å². The van der Waals surface area contributed by atoms with Crippen molar-refractivity contribution in [3.8, 4) is 0 Å². The molecular weight excluding hydrogens is 298 g/mol. The number of piperidine rings is 1. The molecule has 1 unspecified atom stereocenters. The molecule has 3 nitrogen and oxygen atoms in total. The van der Waals surface area contributed by atoms with Crippen molar-refractivity contribution in [2.24, 2.45) is 5.41 Å². The summed E-state index contributed by atoms with van der Waals surface area (Å²) in [6, 6.07) is 5.91. The predicted octanol–water partition coefficient (Wildman–Crippen LogP) is 3.56. The molecule has 1 aromatic rings. The maximum absolute atomic E-state index is 12.8. The second-order valence-electron chi connectivity index (χ2n) is 6.83. The number of rotatable bonds is 0.